The molecule has 0 radical (unpaired) electrons. The van der Waals surface area contributed by atoms with Crippen molar-refractivity contribution in [2.24, 2.45) is 0 Å². The van der Waals surface area contributed by atoms with Crippen LogP contribution in [0.4, 0.5) is 5.69 Å². The maximum atomic E-state index is 12.6. The second-order valence-corrected chi connectivity index (χ2v) is 7.45. The zero-order valence-electron chi connectivity index (χ0n) is 15.6. The van der Waals surface area contributed by atoms with E-state index in [1.54, 1.807) is 14.2 Å². The normalized spacial score (nSPS) is 11.8. The van der Waals surface area contributed by atoms with Crippen molar-refractivity contribution in [1.82, 2.24) is 0 Å². The third-order valence-electron chi connectivity index (χ3n) is 3.96. The highest BCUT2D eigenvalue weighted by Gasteiger charge is 2.17. The number of ether oxygens (including phenoxy) is 2. The Hall–Kier alpha value is -2.14. The summed E-state index contributed by atoms with van der Waals surface area (Å²) < 4.78 is 10.6. The van der Waals surface area contributed by atoms with Crippen LogP contribution < -0.4 is 14.8 Å². The first-order valence-electron chi connectivity index (χ1n) is 8.13. The molecule has 0 heterocycles. The van der Waals surface area contributed by atoms with Crippen molar-refractivity contribution >= 4 is 23.4 Å². The molecule has 2 rings (SSSR count). The number of nitrogens with one attached hydrogen (secondary N) is 1. The van der Waals surface area contributed by atoms with Crippen molar-refractivity contribution in [3.63, 3.8) is 0 Å². The molecule has 0 aliphatic carbocycles. The minimum atomic E-state index is -0.238. The molecule has 0 aliphatic heterocycles. The Bertz CT molecular complexity index is 751. The molecule has 4 nitrogen and oxygen atoms in total. The Balaban J connectivity index is 2.11. The average molecular weight is 359 g/mol. The first-order valence-corrected chi connectivity index (χ1v) is 9.01. The average Bonchev–Trinajstić information content (AvgIpc) is 2.57. The van der Waals surface area contributed by atoms with Crippen LogP contribution in [0.25, 0.3) is 0 Å². The topological polar surface area (TPSA) is 47.6 Å². The summed E-state index contributed by atoms with van der Waals surface area (Å²) in [6, 6.07) is 9.82. The second-order valence-electron chi connectivity index (χ2n) is 6.04. The van der Waals surface area contributed by atoms with E-state index in [-0.39, 0.29) is 11.2 Å². The van der Waals surface area contributed by atoms with Gasteiger partial charge >= 0.3 is 0 Å². The van der Waals surface area contributed by atoms with Gasteiger partial charge in [0.05, 0.1) is 19.5 Å². The van der Waals surface area contributed by atoms with Crippen LogP contribution in [0.1, 0.15) is 23.6 Å². The van der Waals surface area contributed by atoms with Gasteiger partial charge in [-0.1, -0.05) is 17.7 Å². The van der Waals surface area contributed by atoms with Gasteiger partial charge in [-0.15, -0.1) is 11.8 Å². The van der Waals surface area contributed by atoms with E-state index in [4.69, 9.17) is 9.47 Å². The Labute approximate surface area is 153 Å². The van der Waals surface area contributed by atoms with E-state index >= 15 is 0 Å². The van der Waals surface area contributed by atoms with E-state index < -0.39 is 0 Å². The first kappa shape index (κ1) is 19.2. The van der Waals surface area contributed by atoms with Crippen molar-refractivity contribution in [2.75, 3.05) is 19.5 Å². The maximum Gasteiger partial charge on any atom is 0.237 e. The molecule has 5 heteroatoms. The van der Waals surface area contributed by atoms with Crippen LogP contribution in [0.3, 0.4) is 0 Å². The van der Waals surface area contributed by atoms with Gasteiger partial charge in [-0.05, 0) is 57.0 Å². The number of carbonyl (C=O) groups excluding carboxylic acids is 1. The van der Waals surface area contributed by atoms with Crippen LogP contribution in [-0.4, -0.2) is 25.4 Å². The highest BCUT2D eigenvalue weighted by Crippen LogP contribution is 2.34. The first-order chi connectivity index (χ1) is 11.8. The van der Waals surface area contributed by atoms with Crippen molar-refractivity contribution in [3.8, 4) is 11.5 Å². The Kier molecular flexibility index (Phi) is 6.37. The van der Waals surface area contributed by atoms with Gasteiger partial charge in [-0.25, -0.2) is 0 Å². The molecule has 0 saturated heterocycles. The molecular weight excluding hydrogens is 334 g/mol. The summed E-state index contributed by atoms with van der Waals surface area (Å²) in [4.78, 5) is 13.6. The summed E-state index contributed by atoms with van der Waals surface area (Å²) >= 11 is 1.49. The summed E-state index contributed by atoms with van der Waals surface area (Å²) in [5.41, 5.74) is 4.25. The van der Waals surface area contributed by atoms with Crippen LogP contribution >= 0.6 is 11.8 Å². The van der Waals surface area contributed by atoms with Gasteiger partial charge in [0.2, 0.25) is 5.91 Å². The largest absolute Gasteiger partial charge is 0.493 e. The number of hydrogen-bond donors (Lipinski definition) is 1. The standard InChI is InChI=1S/C20H25NO3S/c1-12-9-13(2)19(14(3)10-12)21-20(22)15(4)25-16-7-8-17(23-5)18(11-16)24-6/h7-11,15H,1-6H3,(H,21,22)/t15-/m1/s1. The molecule has 1 atom stereocenters. The Morgan fingerprint density at radius 3 is 2.16 bits per heavy atom. The quantitative estimate of drug-likeness (QED) is 0.756. The lowest BCUT2D eigenvalue weighted by Gasteiger charge is -2.17. The van der Waals surface area contributed by atoms with E-state index in [1.807, 2.05) is 39.0 Å². The molecule has 0 aromatic heterocycles. The van der Waals surface area contributed by atoms with Crippen LogP contribution in [0.5, 0.6) is 11.5 Å². The molecule has 1 amide bonds. The highest BCUT2D eigenvalue weighted by atomic mass is 32.2. The number of thioether (sulfide) groups is 1. The number of carbonyl (C=O) groups is 1. The molecule has 1 N–H and O–H groups in total. The summed E-state index contributed by atoms with van der Waals surface area (Å²) in [6.07, 6.45) is 0. The van der Waals surface area contributed by atoms with Gasteiger partial charge in [0, 0.05) is 10.6 Å². The fourth-order valence-corrected chi connectivity index (χ4v) is 3.65. The number of amides is 1. The third kappa shape index (κ3) is 4.69. The van der Waals surface area contributed by atoms with Crippen molar-refractivity contribution in [3.05, 3.63) is 47.0 Å². The van der Waals surface area contributed by atoms with E-state index in [9.17, 15) is 4.79 Å². The number of hydrogen-bond acceptors (Lipinski definition) is 4. The predicted octanol–water partition coefficient (Wildman–Crippen LogP) is 4.75. The van der Waals surface area contributed by atoms with Gasteiger partial charge in [0.1, 0.15) is 0 Å². The number of anilines is 1. The smallest absolute Gasteiger partial charge is 0.237 e. The fraction of sp³-hybridized carbons (Fsp3) is 0.350. The molecule has 0 fully saturated rings. The van der Waals surface area contributed by atoms with E-state index in [1.165, 1.54) is 17.3 Å². The maximum absolute atomic E-state index is 12.6. The Morgan fingerprint density at radius 2 is 1.60 bits per heavy atom. The van der Waals surface area contributed by atoms with Crippen LogP contribution in [0, 0.1) is 20.8 Å². The molecule has 0 saturated carbocycles. The van der Waals surface area contributed by atoms with Crippen LogP contribution in [0.15, 0.2) is 35.2 Å². The van der Waals surface area contributed by atoms with E-state index in [0.717, 1.165) is 21.7 Å². The van der Waals surface area contributed by atoms with Crippen molar-refractivity contribution in [1.29, 1.82) is 0 Å². The van der Waals surface area contributed by atoms with Crippen molar-refractivity contribution in [2.45, 2.75) is 37.8 Å². The number of methoxy groups -OCH3 is 2. The highest BCUT2D eigenvalue weighted by molar-refractivity contribution is 8.00. The molecule has 2 aromatic carbocycles. The van der Waals surface area contributed by atoms with Gasteiger partial charge in [-0.3, -0.25) is 4.79 Å². The van der Waals surface area contributed by atoms with Gasteiger partial charge < -0.3 is 14.8 Å². The van der Waals surface area contributed by atoms with E-state index in [2.05, 4.69) is 24.4 Å². The molecular formula is C20H25NO3S. The molecule has 0 aliphatic rings. The molecule has 134 valence electrons. The monoisotopic (exact) mass is 359 g/mol. The molecule has 0 spiro atoms. The molecule has 25 heavy (non-hydrogen) atoms. The second kappa shape index (κ2) is 8.30. The number of aryl methyl sites for hydroxylation is 3. The Morgan fingerprint density at radius 1 is 1.00 bits per heavy atom. The summed E-state index contributed by atoms with van der Waals surface area (Å²) in [6.45, 7) is 7.99. The summed E-state index contributed by atoms with van der Waals surface area (Å²) in [7, 11) is 3.21. The molecule has 0 bridgehead atoms. The fourth-order valence-electron chi connectivity index (χ4n) is 2.75. The van der Waals surface area contributed by atoms with Gasteiger partial charge in [0.25, 0.3) is 0 Å². The number of benzene rings is 2. The lowest BCUT2D eigenvalue weighted by atomic mass is 10.1. The van der Waals surface area contributed by atoms with E-state index in [0.29, 0.717) is 11.5 Å². The van der Waals surface area contributed by atoms with Crippen molar-refractivity contribution < 1.29 is 14.3 Å². The van der Waals surface area contributed by atoms with Gasteiger partial charge in [-0.2, -0.15) is 0 Å². The van der Waals surface area contributed by atoms with Gasteiger partial charge in [0.15, 0.2) is 11.5 Å². The zero-order valence-corrected chi connectivity index (χ0v) is 16.4. The lowest BCUT2D eigenvalue weighted by molar-refractivity contribution is -0.115. The van der Waals surface area contributed by atoms with Crippen LogP contribution in [-0.2, 0) is 4.79 Å². The molecule has 2 aromatic rings. The number of rotatable bonds is 6. The van der Waals surface area contributed by atoms with Crippen LogP contribution in [0.2, 0.25) is 0 Å². The lowest BCUT2D eigenvalue weighted by Crippen LogP contribution is -2.23. The SMILES string of the molecule is COc1ccc(S[C@H](C)C(=O)Nc2c(C)cc(C)cc2C)cc1OC. The predicted molar refractivity (Wildman–Crippen MR) is 104 cm³/mol. The summed E-state index contributed by atoms with van der Waals surface area (Å²) in [5.74, 6) is 1.31. The zero-order chi connectivity index (χ0) is 18.6. The third-order valence-corrected chi connectivity index (χ3v) is 5.06. The summed E-state index contributed by atoms with van der Waals surface area (Å²) in [5, 5.41) is 2.82. The minimum Gasteiger partial charge on any atom is -0.493 e. The molecule has 0 unspecified atom stereocenters. The minimum absolute atomic E-state index is 0.0187.